The molecule has 1 N–H and O–H groups in total. The van der Waals surface area contributed by atoms with E-state index in [0.717, 1.165) is 12.6 Å². The van der Waals surface area contributed by atoms with Gasteiger partial charge in [0.2, 0.25) is 5.28 Å². The van der Waals surface area contributed by atoms with Gasteiger partial charge in [-0.2, -0.15) is 4.98 Å². The summed E-state index contributed by atoms with van der Waals surface area (Å²) in [6.45, 7) is 6.21. The van der Waals surface area contributed by atoms with Gasteiger partial charge >= 0.3 is 0 Å². The summed E-state index contributed by atoms with van der Waals surface area (Å²) >= 11 is 5.58. The van der Waals surface area contributed by atoms with Gasteiger partial charge in [-0.1, -0.05) is 13.8 Å². The Kier molecular flexibility index (Phi) is 4.27. The molecule has 5 heteroatoms. The van der Waals surface area contributed by atoms with Gasteiger partial charge in [-0.3, -0.25) is 0 Å². The van der Waals surface area contributed by atoms with Crippen LogP contribution in [0.2, 0.25) is 5.28 Å². The van der Waals surface area contributed by atoms with Gasteiger partial charge in [-0.05, 0) is 30.9 Å². The number of nitrogens with zero attached hydrogens (tertiary/aromatic N) is 2. The minimum Gasteiger partial charge on any atom is -0.365 e. The van der Waals surface area contributed by atoms with E-state index < -0.39 is 5.82 Å². The predicted octanol–water partition coefficient (Wildman–Crippen LogP) is 3.12. The summed E-state index contributed by atoms with van der Waals surface area (Å²) in [6.07, 6.45) is 2.01. The largest absolute Gasteiger partial charge is 0.365 e. The monoisotopic (exact) mass is 231 g/mol. The SMILES string of the molecule is CC(C)CC(C)Nc1nc(Cl)ncc1F. The van der Waals surface area contributed by atoms with Gasteiger partial charge in [0.1, 0.15) is 0 Å². The molecule has 0 bridgehead atoms. The van der Waals surface area contributed by atoms with E-state index in [1.807, 2.05) is 6.92 Å². The van der Waals surface area contributed by atoms with Crippen LogP contribution >= 0.6 is 11.6 Å². The first kappa shape index (κ1) is 12.2. The van der Waals surface area contributed by atoms with Gasteiger partial charge in [0.05, 0.1) is 6.20 Å². The van der Waals surface area contributed by atoms with Crippen LogP contribution in [0.15, 0.2) is 6.20 Å². The Balaban J connectivity index is 2.67. The van der Waals surface area contributed by atoms with Crippen LogP contribution < -0.4 is 5.32 Å². The van der Waals surface area contributed by atoms with Crippen LogP contribution in [0, 0.1) is 11.7 Å². The van der Waals surface area contributed by atoms with E-state index >= 15 is 0 Å². The molecule has 0 amide bonds. The van der Waals surface area contributed by atoms with Gasteiger partial charge in [0.15, 0.2) is 11.6 Å². The lowest BCUT2D eigenvalue weighted by molar-refractivity contribution is 0.533. The summed E-state index contributed by atoms with van der Waals surface area (Å²) in [7, 11) is 0. The fourth-order valence-corrected chi connectivity index (χ4v) is 1.58. The molecule has 1 aromatic rings. The second-order valence-electron chi connectivity index (χ2n) is 4.01. The molecule has 1 rings (SSSR count). The van der Waals surface area contributed by atoms with Crippen LogP contribution in [0.1, 0.15) is 27.2 Å². The molecule has 0 saturated carbocycles. The van der Waals surface area contributed by atoms with Crippen LogP contribution in [0.4, 0.5) is 10.2 Å². The van der Waals surface area contributed by atoms with E-state index in [9.17, 15) is 4.39 Å². The Labute approximate surface area is 94.1 Å². The minimum absolute atomic E-state index is 0.0515. The number of rotatable bonds is 4. The third kappa shape index (κ3) is 4.00. The average molecular weight is 232 g/mol. The second-order valence-corrected chi connectivity index (χ2v) is 4.35. The standard InChI is InChI=1S/C10H15ClFN3/c1-6(2)4-7(3)14-9-8(12)5-13-10(11)15-9/h5-7H,4H2,1-3H3,(H,13,14,15). The number of anilines is 1. The van der Waals surface area contributed by atoms with Crippen molar-refractivity contribution in [2.24, 2.45) is 5.92 Å². The van der Waals surface area contributed by atoms with E-state index in [1.165, 1.54) is 0 Å². The predicted molar refractivity (Wildman–Crippen MR) is 59.5 cm³/mol. The highest BCUT2D eigenvalue weighted by Crippen LogP contribution is 2.15. The van der Waals surface area contributed by atoms with Crippen LogP contribution in [-0.4, -0.2) is 16.0 Å². The summed E-state index contributed by atoms with van der Waals surface area (Å²) in [6, 6.07) is 0.158. The topological polar surface area (TPSA) is 37.8 Å². The molecule has 3 nitrogen and oxygen atoms in total. The molecule has 0 spiro atoms. The molecule has 0 fully saturated rings. The molecule has 15 heavy (non-hydrogen) atoms. The first-order valence-corrected chi connectivity index (χ1v) is 5.31. The zero-order valence-corrected chi connectivity index (χ0v) is 9.85. The fourth-order valence-electron chi connectivity index (χ4n) is 1.45. The maximum absolute atomic E-state index is 13.2. The molecule has 1 unspecified atom stereocenters. The van der Waals surface area contributed by atoms with Crippen molar-refractivity contribution in [3.8, 4) is 0 Å². The third-order valence-corrected chi connectivity index (χ3v) is 2.10. The average Bonchev–Trinajstić information content (AvgIpc) is 2.10. The Morgan fingerprint density at radius 3 is 2.73 bits per heavy atom. The Morgan fingerprint density at radius 2 is 2.13 bits per heavy atom. The number of nitrogens with one attached hydrogen (secondary N) is 1. The third-order valence-electron chi connectivity index (χ3n) is 1.92. The first-order chi connectivity index (χ1) is 6.99. The van der Waals surface area contributed by atoms with E-state index in [-0.39, 0.29) is 17.1 Å². The van der Waals surface area contributed by atoms with Crippen LogP contribution in [0.3, 0.4) is 0 Å². The van der Waals surface area contributed by atoms with E-state index in [4.69, 9.17) is 11.6 Å². The lowest BCUT2D eigenvalue weighted by atomic mass is 10.1. The lowest BCUT2D eigenvalue weighted by Crippen LogP contribution is -2.19. The Hall–Kier alpha value is -0.900. The van der Waals surface area contributed by atoms with Crippen molar-refractivity contribution < 1.29 is 4.39 Å². The van der Waals surface area contributed by atoms with Crippen LogP contribution in [-0.2, 0) is 0 Å². The minimum atomic E-state index is -0.477. The van der Waals surface area contributed by atoms with Crippen molar-refractivity contribution in [2.75, 3.05) is 5.32 Å². The molecule has 1 heterocycles. The van der Waals surface area contributed by atoms with E-state index in [0.29, 0.717) is 5.92 Å². The van der Waals surface area contributed by atoms with Crippen molar-refractivity contribution >= 4 is 17.4 Å². The van der Waals surface area contributed by atoms with Crippen molar-refractivity contribution in [2.45, 2.75) is 33.2 Å². The highest BCUT2D eigenvalue weighted by Gasteiger charge is 2.10. The number of aromatic nitrogens is 2. The highest BCUT2D eigenvalue weighted by molar-refractivity contribution is 6.28. The molecule has 84 valence electrons. The lowest BCUT2D eigenvalue weighted by Gasteiger charge is -2.16. The van der Waals surface area contributed by atoms with Crippen molar-refractivity contribution in [3.63, 3.8) is 0 Å². The maximum Gasteiger partial charge on any atom is 0.224 e. The van der Waals surface area contributed by atoms with Gasteiger partial charge in [-0.25, -0.2) is 9.37 Å². The number of hydrogen-bond acceptors (Lipinski definition) is 3. The van der Waals surface area contributed by atoms with Gasteiger partial charge in [0.25, 0.3) is 0 Å². The Morgan fingerprint density at radius 1 is 1.47 bits per heavy atom. The zero-order valence-electron chi connectivity index (χ0n) is 9.09. The first-order valence-electron chi connectivity index (χ1n) is 4.93. The van der Waals surface area contributed by atoms with Crippen molar-refractivity contribution in [1.82, 2.24) is 9.97 Å². The normalized spacial score (nSPS) is 12.9. The van der Waals surface area contributed by atoms with E-state index in [1.54, 1.807) is 0 Å². The molecule has 0 saturated heterocycles. The summed E-state index contributed by atoms with van der Waals surface area (Å²) in [5.74, 6) is 0.242. The van der Waals surface area contributed by atoms with Gasteiger partial charge in [-0.15, -0.1) is 0 Å². The molecule has 1 atom stereocenters. The zero-order chi connectivity index (χ0) is 11.4. The molecule has 0 aromatic carbocycles. The summed E-state index contributed by atoms with van der Waals surface area (Å²) in [4.78, 5) is 7.34. The second kappa shape index (κ2) is 5.26. The van der Waals surface area contributed by atoms with Crippen LogP contribution in [0.25, 0.3) is 0 Å². The maximum atomic E-state index is 13.2. The number of hydrogen-bond donors (Lipinski definition) is 1. The molecule has 0 aliphatic carbocycles. The summed E-state index contributed by atoms with van der Waals surface area (Å²) < 4.78 is 13.2. The number of halogens is 2. The summed E-state index contributed by atoms with van der Waals surface area (Å²) in [5.41, 5.74) is 0. The molecular weight excluding hydrogens is 217 g/mol. The van der Waals surface area contributed by atoms with Crippen molar-refractivity contribution in [3.05, 3.63) is 17.3 Å². The highest BCUT2D eigenvalue weighted by atomic mass is 35.5. The van der Waals surface area contributed by atoms with Gasteiger partial charge < -0.3 is 5.32 Å². The molecule has 1 aromatic heterocycles. The van der Waals surface area contributed by atoms with E-state index in [2.05, 4.69) is 29.1 Å². The van der Waals surface area contributed by atoms with Crippen molar-refractivity contribution in [1.29, 1.82) is 0 Å². The Bertz CT molecular complexity index is 330. The molecule has 0 aliphatic rings. The molecular formula is C10H15ClFN3. The quantitative estimate of drug-likeness (QED) is 0.810. The summed E-state index contributed by atoms with van der Waals surface area (Å²) in [5, 5.41) is 3.02. The molecule has 0 aliphatic heterocycles. The molecule has 0 radical (unpaired) electrons. The smallest absolute Gasteiger partial charge is 0.224 e. The van der Waals surface area contributed by atoms with Gasteiger partial charge in [0, 0.05) is 6.04 Å². The fraction of sp³-hybridized carbons (Fsp3) is 0.600. The van der Waals surface area contributed by atoms with Crippen LogP contribution in [0.5, 0.6) is 0 Å².